The Bertz CT molecular complexity index is 669. The Morgan fingerprint density at radius 3 is 2.64 bits per heavy atom. The molecule has 0 spiro atoms. The fraction of sp³-hybridized carbons (Fsp3) is 0.438. The highest BCUT2D eigenvalue weighted by Crippen LogP contribution is 2.31. The maximum absolute atomic E-state index is 11.0. The Kier molecular flexibility index (Phi) is 5.27. The number of rotatable bonds is 7. The van der Waals surface area contributed by atoms with Crippen LogP contribution in [0.5, 0.6) is 5.75 Å². The van der Waals surface area contributed by atoms with Crippen molar-refractivity contribution in [3.05, 3.63) is 40.1 Å². The van der Waals surface area contributed by atoms with Crippen LogP contribution in [-0.2, 0) is 0 Å². The lowest BCUT2D eigenvalue weighted by molar-refractivity contribution is -0.385. The predicted octanol–water partition coefficient (Wildman–Crippen LogP) is 3.17. The van der Waals surface area contributed by atoms with Crippen LogP contribution in [0.2, 0.25) is 0 Å². The lowest BCUT2D eigenvalue weighted by Gasteiger charge is -2.18. The fourth-order valence-corrected chi connectivity index (χ4v) is 2.47. The third-order valence-electron chi connectivity index (χ3n) is 3.85. The summed E-state index contributed by atoms with van der Waals surface area (Å²) in [5.74, 6) is 0.718. The zero-order valence-electron chi connectivity index (χ0n) is 13.2. The molecule has 0 bridgehead atoms. The van der Waals surface area contributed by atoms with E-state index in [1.54, 1.807) is 25.3 Å². The topological polar surface area (TPSA) is 68.5 Å². The fourth-order valence-electron chi connectivity index (χ4n) is 2.47. The number of pyridine rings is 1. The van der Waals surface area contributed by atoms with Gasteiger partial charge in [0.05, 0.1) is 16.0 Å². The van der Waals surface area contributed by atoms with Gasteiger partial charge in [0.1, 0.15) is 12.4 Å². The Morgan fingerprint density at radius 2 is 2.00 bits per heavy atom. The van der Waals surface area contributed by atoms with Gasteiger partial charge in [-0.05, 0) is 32.1 Å². The molecule has 0 unspecified atom stereocenters. The Balaban J connectivity index is 2.24. The van der Waals surface area contributed by atoms with Gasteiger partial charge in [-0.2, -0.15) is 0 Å². The van der Waals surface area contributed by atoms with Crippen LogP contribution in [-0.4, -0.2) is 41.0 Å². The highest BCUT2D eigenvalue weighted by Gasteiger charge is 2.15. The van der Waals surface area contributed by atoms with Gasteiger partial charge in [-0.1, -0.05) is 13.8 Å². The van der Waals surface area contributed by atoms with Crippen LogP contribution in [0.25, 0.3) is 10.9 Å². The third kappa shape index (κ3) is 3.33. The number of benzene rings is 1. The molecular formula is C16H21N3O3. The van der Waals surface area contributed by atoms with E-state index in [1.165, 1.54) is 6.07 Å². The van der Waals surface area contributed by atoms with E-state index in [0.29, 0.717) is 17.7 Å². The second-order valence-electron chi connectivity index (χ2n) is 5.05. The minimum atomic E-state index is -0.385. The first-order chi connectivity index (χ1) is 10.6. The van der Waals surface area contributed by atoms with Gasteiger partial charge in [0.2, 0.25) is 0 Å². The molecule has 0 saturated heterocycles. The van der Waals surface area contributed by atoms with Gasteiger partial charge in [0.15, 0.2) is 0 Å². The first-order valence-electron chi connectivity index (χ1n) is 7.46. The van der Waals surface area contributed by atoms with E-state index < -0.39 is 0 Å². The van der Waals surface area contributed by atoms with Crippen LogP contribution >= 0.6 is 0 Å². The number of nitro benzene ring substituents is 1. The summed E-state index contributed by atoms with van der Waals surface area (Å²) in [5, 5.41) is 11.8. The molecule has 22 heavy (non-hydrogen) atoms. The SMILES string of the molecule is CCN(CC)CCOc1ccnc2c(C)c([N+](=O)[O-])ccc12. The highest BCUT2D eigenvalue weighted by molar-refractivity contribution is 5.89. The Morgan fingerprint density at radius 1 is 1.27 bits per heavy atom. The summed E-state index contributed by atoms with van der Waals surface area (Å²) >= 11 is 0. The minimum Gasteiger partial charge on any atom is -0.491 e. The number of aromatic nitrogens is 1. The van der Waals surface area contributed by atoms with E-state index in [1.807, 2.05) is 0 Å². The molecule has 1 heterocycles. The second-order valence-corrected chi connectivity index (χ2v) is 5.05. The molecule has 0 fully saturated rings. The van der Waals surface area contributed by atoms with Crippen molar-refractivity contribution in [2.24, 2.45) is 0 Å². The van der Waals surface area contributed by atoms with Crippen LogP contribution in [0.15, 0.2) is 24.4 Å². The highest BCUT2D eigenvalue weighted by atomic mass is 16.6. The maximum atomic E-state index is 11.0. The van der Waals surface area contributed by atoms with Gasteiger partial charge in [0.25, 0.3) is 5.69 Å². The van der Waals surface area contributed by atoms with Crippen LogP contribution in [0, 0.1) is 17.0 Å². The molecule has 6 nitrogen and oxygen atoms in total. The van der Waals surface area contributed by atoms with Crippen molar-refractivity contribution in [1.82, 2.24) is 9.88 Å². The number of fused-ring (bicyclic) bond motifs is 1. The quantitative estimate of drug-likeness (QED) is 0.580. The molecule has 0 amide bonds. The predicted molar refractivity (Wildman–Crippen MR) is 86.4 cm³/mol. The molecule has 0 aliphatic carbocycles. The van der Waals surface area contributed by atoms with E-state index >= 15 is 0 Å². The van der Waals surface area contributed by atoms with Crippen molar-refractivity contribution in [2.75, 3.05) is 26.2 Å². The van der Waals surface area contributed by atoms with Gasteiger partial charge in [-0.15, -0.1) is 0 Å². The van der Waals surface area contributed by atoms with E-state index in [4.69, 9.17) is 4.74 Å². The van der Waals surface area contributed by atoms with Crippen molar-refractivity contribution in [2.45, 2.75) is 20.8 Å². The van der Waals surface area contributed by atoms with Gasteiger partial charge in [-0.3, -0.25) is 15.1 Å². The van der Waals surface area contributed by atoms with Crippen LogP contribution < -0.4 is 4.74 Å². The zero-order valence-corrected chi connectivity index (χ0v) is 13.2. The van der Waals surface area contributed by atoms with Crippen molar-refractivity contribution >= 4 is 16.6 Å². The molecule has 0 atom stereocenters. The number of hydrogen-bond acceptors (Lipinski definition) is 5. The molecule has 0 saturated carbocycles. The summed E-state index contributed by atoms with van der Waals surface area (Å²) in [7, 11) is 0. The lowest BCUT2D eigenvalue weighted by Crippen LogP contribution is -2.27. The van der Waals surface area contributed by atoms with Crippen molar-refractivity contribution in [1.29, 1.82) is 0 Å². The molecule has 118 valence electrons. The van der Waals surface area contributed by atoms with Crippen LogP contribution in [0.4, 0.5) is 5.69 Å². The number of ether oxygens (including phenoxy) is 1. The largest absolute Gasteiger partial charge is 0.491 e. The Hall–Kier alpha value is -2.21. The molecule has 0 aliphatic heterocycles. The summed E-state index contributed by atoms with van der Waals surface area (Å²) < 4.78 is 5.86. The number of aryl methyl sites for hydroxylation is 1. The lowest BCUT2D eigenvalue weighted by atomic mass is 10.1. The van der Waals surface area contributed by atoms with Gasteiger partial charge >= 0.3 is 0 Å². The molecule has 0 radical (unpaired) electrons. The van der Waals surface area contributed by atoms with Gasteiger partial charge < -0.3 is 9.64 Å². The zero-order chi connectivity index (χ0) is 16.1. The summed E-state index contributed by atoms with van der Waals surface area (Å²) in [6, 6.07) is 5.02. The summed E-state index contributed by atoms with van der Waals surface area (Å²) in [6.45, 7) is 9.36. The van der Waals surface area contributed by atoms with Crippen molar-refractivity contribution < 1.29 is 9.66 Å². The average Bonchev–Trinajstić information content (AvgIpc) is 2.52. The maximum Gasteiger partial charge on any atom is 0.274 e. The molecule has 1 aromatic heterocycles. The van der Waals surface area contributed by atoms with Gasteiger partial charge in [-0.25, -0.2) is 0 Å². The summed E-state index contributed by atoms with van der Waals surface area (Å²) in [4.78, 5) is 17.2. The third-order valence-corrected chi connectivity index (χ3v) is 3.85. The molecule has 0 N–H and O–H groups in total. The van der Waals surface area contributed by atoms with E-state index in [2.05, 4.69) is 23.7 Å². The van der Waals surface area contributed by atoms with Crippen molar-refractivity contribution in [3.63, 3.8) is 0 Å². The number of hydrogen-bond donors (Lipinski definition) is 0. The van der Waals surface area contributed by atoms with E-state index in [0.717, 1.165) is 30.8 Å². The number of likely N-dealkylation sites (N-methyl/N-ethyl adjacent to an activating group) is 1. The molecule has 0 aliphatic rings. The average molecular weight is 303 g/mol. The number of nitrogens with zero attached hydrogens (tertiary/aromatic N) is 3. The normalized spacial score (nSPS) is 11.1. The monoisotopic (exact) mass is 303 g/mol. The van der Waals surface area contributed by atoms with Crippen molar-refractivity contribution in [3.8, 4) is 5.75 Å². The van der Waals surface area contributed by atoms with Crippen LogP contribution in [0.1, 0.15) is 19.4 Å². The van der Waals surface area contributed by atoms with Crippen LogP contribution in [0.3, 0.4) is 0 Å². The summed E-state index contributed by atoms with van der Waals surface area (Å²) in [5.41, 5.74) is 1.27. The molecule has 1 aromatic carbocycles. The van der Waals surface area contributed by atoms with Gasteiger partial charge in [0, 0.05) is 24.2 Å². The standard InChI is InChI=1S/C16H21N3O3/c1-4-18(5-2)10-11-22-15-8-9-17-16-12(3)14(19(20)21)7-6-13(15)16/h6-9H,4-5,10-11H2,1-3H3. The number of nitro groups is 1. The van der Waals surface area contributed by atoms with E-state index in [9.17, 15) is 10.1 Å². The summed E-state index contributed by atoms with van der Waals surface area (Å²) in [6.07, 6.45) is 1.63. The first-order valence-corrected chi connectivity index (χ1v) is 7.46. The second kappa shape index (κ2) is 7.17. The smallest absolute Gasteiger partial charge is 0.274 e. The van der Waals surface area contributed by atoms with E-state index in [-0.39, 0.29) is 10.6 Å². The molecule has 6 heteroatoms. The molecule has 2 aromatic rings. The molecular weight excluding hydrogens is 282 g/mol. The molecule has 2 rings (SSSR count). The Labute approximate surface area is 129 Å². The minimum absolute atomic E-state index is 0.0836. The first kappa shape index (κ1) is 16.2.